The number of para-hydroxylation sites is 1. The van der Waals surface area contributed by atoms with Crippen LogP contribution in [0.25, 0.3) is 0 Å². The zero-order chi connectivity index (χ0) is 32.5. The maximum Gasteiger partial charge on any atom is 0.408 e. The van der Waals surface area contributed by atoms with Gasteiger partial charge in [0, 0.05) is 17.3 Å². The zero-order valence-corrected chi connectivity index (χ0v) is 26.6. The summed E-state index contributed by atoms with van der Waals surface area (Å²) >= 11 is 0. The van der Waals surface area contributed by atoms with E-state index in [1.54, 1.807) is 45.0 Å². The smallest absolute Gasteiger partial charge is 0.408 e. The van der Waals surface area contributed by atoms with Crippen LogP contribution in [-0.4, -0.2) is 46.4 Å². The van der Waals surface area contributed by atoms with Gasteiger partial charge < -0.3 is 26.0 Å². The number of nitrogens with two attached hydrogens (primary N) is 1. The number of nitrogens with one attached hydrogen (secondary N) is 2. The number of terminal acetylenes is 1. The maximum atomic E-state index is 14.4. The Hall–Kier alpha value is -4.32. The zero-order valence-electron chi connectivity index (χ0n) is 26.6. The Bertz CT molecular complexity index is 1320. The topological polar surface area (TPSA) is 131 Å². The molecular weight excluding hydrogens is 544 g/mol. The Morgan fingerprint density at radius 3 is 2.05 bits per heavy atom. The van der Waals surface area contributed by atoms with E-state index in [1.165, 1.54) is 4.90 Å². The number of rotatable bonds is 12. The quantitative estimate of drug-likeness (QED) is 0.286. The van der Waals surface area contributed by atoms with Gasteiger partial charge in [0.05, 0.1) is 6.42 Å². The van der Waals surface area contributed by atoms with Gasteiger partial charge in [0.15, 0.2) is 0 Å². The van der Waals surface area contributed by atoms with E-state index in [0.717, 1.165) is 17.5 Å². The highest BCUT2D eigenvalue weighted by Gasteiger charge is 2.39. The van der Waals surface area contributed by atoms with E-state index in [1.807, 2.05) is 39.0 Å². The van der Waals surface area contributed by atoms with E-state index in [-0.39, 0.29) is 0 Å². The van der Waals surface area contributed by atoms with Crippen molar-refractivity contribution in [3.8, 4) is 12.3 Å². The monoisotopic (exact) mass is 590 g/mol. The Balaban J connectivity index is 2.70. The minimum absolute atomic E-state index is 0.331. The van der Waals surface area contributed by atoms with E-state index in [0.29, 0.717) is 29.2 Å². The van der Waals surface area contributed by atoms with Gasteiger partial charge in [0.1, 0.15) is 17.7 Å². The molecule has 3 atom stereocenters. The predicted octanol–water partition coefficient (Wildman–Crippen LogP) is 5.39. The number of carbonyl (C=O) groups excluding carboxylic acids is 4. The molecule has 0 spiro atoms. The molecule has 0 heterocycles. The van der Waals surface area contributed by atoms with Crippen LogP contribution in [0.1, 0.15) is 89.1 Å². The molecule has 0 saturated carbocycles. The maximum absolute atomic E-state index is 14.4. The molecule has 4 N–H and O–H groups in total. The third-order valence-corrected chi connectivity index (χ3v) is 6.93. The molecule has 2 aromatic rings. The van der Waals surface area contributed by atoms with Crippen molar-refractivity contribution in [2.75, 3.05) is 5.32 Å². The summed E-state index contributed by atoms with van der Waals surface area (Å²) in [7, 11) is 0. The highest BCUT2D eigenvalue weighted by Crippen LogP contribution is 2.30. The van der Waals surface area contributed by atoms with Gasteiger partial charge in [0.2, 0.25) is 11.8 Å². The van der Waals surface area contributed by atoms with E-state index in [2.05, 4.69) is 30.4 Å². The van der Waals surface area contributed by atoms with Crippen molar-refractivity contribution in [1.82, 2.24) is 10.2 Å². The number of carbonyl (C=O) groups is 4. The molecule has 0 aliphatic rings. The first-order chi connectivity index (χ1) is 20.0. The minimum Gasteiger partial charge on any atom is -0.444 e. The summed E-state index contributed by atoms with van der Waals surface area (Å²) < 4.78 is 5.37. The predicted molar refractivity (Wildman–Crippen MR) is 169 cm³/mol. The largest absolute Gasteiger partial charge is 0.444 e. The normalized spacial score (nSPS) is 13.3. The van der Waals surface area contributed by atoms with Gasteiger partial charge in [-0.25, -0.2) is 4.79 Å². The number of aryl methyl sites for hydroxylation is 2. The number of hydrogen-bond acceptors (Lipinski definition) is 5. The number of ether oxygens (including phenoxy) is 1. The first-order valence-electron chi connectivity index (χ1n) is 14.6. The molecule has 0 aliphatic carbocycles. The molecule has 4 amide bonds. The van der Waals surface area contributed by atoms with Crippen molar-refractivity contribution in [2.24, 2.45) is 11.7 Å². The highest BCUT2D eigenvalue weighted by atomic mass is 16.6. The molecule has 2 rings (SSSR count). The summed E-state index contributed by atoms with van der Waals surface area (Å²) in [5.74, 6) is 1.02. The van der Waals surface area contributed by atoms with Gasteiger partial charge in [-0.3, -0.25) is 14.4 Å². The molecule has 0 bridgehead atoms. The van der Waals surface area contributed by atoms with Crippen molar-refractivity contribution < 1.29 is 23.9 Å². The lowest BCUT2D eigenvalue weighted by molar-refractivity contribution is -0.144. The Kier molecular flexibility index (Phi) is 12.4. The van der Waals surface area contributed by atoms with Crippen LogP contribution in [0, 0.1) is 32.1 Å². The molecule has 0 fully saturated rings. The van der Waals surface area contributed by atoms with E-state index < -0.39 is 54.0 Å². The molecule has 43 heavy (non-hydrogen) atoms. The third-order valence-electron chi connectivity index (χ3n) is 6.93. The van der Waals surface area contributed by atoms with Crippen molar-refractivity contribution in [3.63, 3.8) is 0 Å². The molecule has 2 aromatic carbocycles. The summed E-state index contributed by atoms with van der Waals surface area (Å²) in [6.45, 7) is 14.8. The van der Waals surface area contributed by atoms with Crippen LogP contribution in [0.4, 0.5) is 10.5 Å². The standard InChI is InChI=1S/C34H46N4O5/c1-10-25-16-18-26(19-17-25)30(31(40)37-29-22(4)12-11-13-23(29)5)38(24(6)15-14-21(2)3)32(41)27(20-28(35)39)36-33(42)43-34(7,8)9/h1,11-13,16-19,21,24,27,30H,14-15,20H2,2-9H3,(H2,35,39)(H,36,42)(H,37,40). The van der Waals surface area contributed by atoms with Crippen LogP contribution in [0.3, 0.4) is 0 Å². The number of benzene rings is 2. The van der Waals surface area contributed by atoms with Gasteiger partial charge in [-0.1, -0.05) is 50.1 Å². The average molecular weight is 591 g/mol. The van der Waals surface area contributed by atoms with Gasteiger partial charge in [0.25, 0.3) is 5.91 Å². The van der Waals surface area contributed by atoms with Crippen LogP contribution >= 0.6 is 0 Å². The molecular formula is C34H46N4O5. The fraction of sp³-hybridized carbons (Fsp3) is 0.471. The Labute approximate surface area is 255 Å². The summed E-state index contributed by atoms with van der Waals surface area (Å²) in [5, 5.41) is 5.56. The molecule has 3 unspecified atom stereocenters. The second-order valence-electron chi connectivity index (χ2n) is 12.4. The summed E-state index contributed by atoms with van der Waals surface area (Å²) in [4.78, 5) is 55.0. The fourth-order valence-electron chi connectivity index (χ4n) is 4.75. The lowest BCUT2D eigenvalue weighted by Gasteiger charge is -2.39. The van der Waals surface area contributed by atoms with Crippen LogP contribution < -0.4 is 16.4 Å². The second-order valence-corrected chi connectivity index (χ2v) is 12.4. The van der Waals surface area contributed by atoms with E-state index in [4.69, 9.17) is 16.9 Å². The molecule has 0 radical (unpaired) electrons. The molecule has 0 aliphatic heterocycles. The van der Waals surface area contributed by atoms with Crippen molar-refractivity contribution >= 4 is 29.5 Å². The van der Waals surface area contributed by atoms with Crippen molar-refractivity contribution in [1.29, 1.82) is 0 Å². The van der Waals surface area contributed by atoms with E-state index in [9.17, 15) is 19.2 Å². The molecule has 9 nitrogen and oxygen atoms in total. The van der Waals surface area contributed by atoms with Crippen molar-refractivity contribution in [3.05, 3.63) is 64.7 Å². The SMILES string of the molecule is C#Cc1ccc(C(C(=O)Nc2c(C)cccc2C)N(C(=O)C(CC(N)=O)NC(=O)OC(C)(C)C)C(C)CCC(C)C)cc1. The highest BCUT2D eigenvalue weighted by molar-refractivity contribution is 6.00. The number of amides is 4. The molecule has 232 valence electrons. The number of nitrogens with zero attached hydrogens (tertiary/aromatic N) is 1. The van der Waals surface area contributed by atoms with E-state index >= 15 is 0 Å². The van der Waals surface area contributed by atoms with Gasteiger partial charge in [-0.2, -0.15) is 0 Å². The molecule has 0 saturated heterocycles. The number of anilines is 1. The summed E-state index contributed by atoms with van der Waals surface area (Å²) in [6, 6.07) is 9.55. The second kappa shape index (κ2) is 15.2. The lowest BCUT2D eigenvalue weighted by atomic mass is 9.96. The van der Waals surface area contributed by atoms with Crippen LogP contribution in [0.2, 0.25) is 0 Å². The van der Waals surface area contributed by atoms with Crippen LogP contribution in [-0.2, 0) is 19.1 Å². The minimum atomic E-state index is -1.37. The average Bonchev–Trinajstić information content (AvgIpc) is 2.90. The number of hydrogen-bond donors (Lipinski definition) is 3. The first-order valence-corrected chi connectivity index (χ1v) is 14.6. The molecule has 0 aromatic heterocycles. The Morgan fingerprint density at radius 2 is 1.56 bits per heavy atom. The molecule has 9 heteroatoms. The number of alkyl carbamates (subject to hydrolysis) is 1. The summed E-state index contributed by atoms with van der Waals surface area (Å²) in [6.07, 6.45) is 5.56. The fourth-order valence-corrected chi connectivity index (χ4v) is 4.75. The lowest BCUT2D eigenvalue weighted by Crippen LogP contribution is -2.55. The first kappa shape index (κ1) is 34.9. The number of primary amides is 1. The third kappa shape index (κ3) is 10.5. The van der Waals surface area contributed by atoms with Crippen LogP contribution in [0.15, 0.2) is 42.5 Å². The Morgan fingerprint density at radius 1 is 0.977 bits per heavy atom. The van der Waals surface area contributed by atoms with Crippen molar-refractivity contribution in [2.45, 2.75) is 98.4 Å². The van der Waals surface area contributed by atoms with Gasteiger partial charge in [-0.05, 0) is 89.1 Å². The van der Waals surface area contributed by atoms with Gasteiger partial charge >= 0.3 is 6.09 Å². The van der Waals surface area contributed by atoms with Gasteiger partial charge in [-0.15, -0.1) is 6.42 Å². The van der Waals surface area contributed by atoms with Crippen LogP contribution in [0.5, 0.6) is 0 Å². The summed E-state index contributed by atoms with van der Waals surface area (Å²) in [5.41, 5.74) is 8.17.